The van der Waals surface area contributed by atoms with Gasteiger partial charge in [0.25, 0.3) is 5.89 Å². The molecule has 0 atom stereocenters. The van der Waals surface area contributed by atoms with Gasteiger partial charge in [0.1, 0.15) is 6.61 Å². The average Bonchev–Trinajstić information content (AvgIpc) is 2.78. The molecule has 1 aliphatic rings. The molecule has 0 saturated heterocycles. The zero-order valence-corrected chi connectivity index (χ0v) is 9.69. The van der Waals surface area contributed by atoms with Crippen LogP contribution in [-0.2, 0) is 11.4 Å². The van der Waals surface area contributed by atoms with E-state index in [-0.39, 0.29) is 6.61 Å². The summed E-state index contributed by atoms with van der Waals surface area (Å²) in [5, 5.41) is 3.99. The third-order valence-electron chi connectivity index (χ3n) is 3.48. The van der Waals surface area contributed by atoms with E-state index >= 15 is 0 Å². The molecule has 0 bridgehead atoms. The fourth-order valence-electron chi connectivity index (χ4n) is 2.39. The molecule has 1 fully saturated rings. The Bertz CT molecular complexity index is 319. The van der Waals surface area contributed by atoms with Gasteiger partial charge in [-0.1, -0.05) is 18.5 Å². The molecule has 0 radical (unpaired) electrons. The summed E-state index contributed by atoms with van der Waals surface area (Å²) in [4.78, 5) is 8.76. The van der Waals surface area contributed by atoms with Crippen molar-refractivity contribution in [3.63, 3.8) is 0 Å². The van der Waals surface area contributed by atoms with Crippen molar-refractivity contribution < 1.29 is 9.36 Å². The minimum atomic E-state index is 0.192. The van der Waals surface area contributed by atoms with Crippen molar-refractivity contribution in [2.45, 2.75) is 51.6 Å². The Morgan fingerprint density at radius 1 is 1.38 bits per heavy atom. The summed E-state index contributed by atoms with van der Waals surface area (Å²) in [5.41, 5.74) is 0. The lowest BCUT2D eigenvalue weighted by molar-refractivity contribution is 0.0995. The van der Waals surface area contributed by atoms with Crippen LogP contribution >= 0.6 is 0 Å². The van der Waals surface area contributed by atoms with Gasteiger partial charge in [-0.25, -0.2) is 5.90 Å². The molecule has 5 nitrogen and oxygen atoms in total. The highest BCUT2D eigenvalue weighted by Gasteiger charge is 2.24. The number of nitrogens with zero attached hydrogens (tertiary/aromatic N) is 2. The molecule has 0 aromatic carbocycles. The van der Waals surface area contributed by atoms with Gasteiger partial charge in [-0.05, 0) is 31.6 Å². The standard InChI is InChI=1S/C11H19N3O2/c1-2-8-3-5-9(6-4-8)11-13-10(7-15-12)16-14-11/h8-9H,2-7,12H2,1H3. The predicted octanol–water partition coefficient (Wildman–Crippen LogP) is 2.14. The van der Waals surface area contributed by atoms with E-state index in [1.165, 1.54) is 32.1 Å². The van der Waals surface area contributed by atoms with Crippen LogP contribution in [0.2, 0.25) is 0 Å². The van der Waals surface area contributed by atoms with Crippen molar-refractivity contribution in [2.24, 2.45) is 11.8 Å². The molecule has 2 rings (SSSR count). The Morgan fingerprint density at radius 3 is 2.75 bits per heavy atom. The van der Waals surface area contributed by atoms with Gasteiger partial charge < -0.3 is 4.52 Å². The third kappa shape index (κ3) is 2.59. The second kappa shape index (κ2) is 5.41. The van der Waals surface area contributed by atoms with Crippen molar-refractivity contribution in [3.05, 3.63) is 11.7 Å². The second-order valence-corrected chi connectivity index (χ2v) is 4.48. The summed E-state index contributed by atoms with van der Waals surface area (Å²) in [6.07, 6.45) is 6.17. The maximum atomic E-state index is 5.05. The largest absolute Gasteiger partial charge is 0.337 e. The first-order chi connectivity index (χ1) is 7.83. The fraction of sp³-hybridized carbons (Fsp3) is 0.818. The molecule has 5 heteroatoms. The molecule has 1 aliphatic carbocycles. The van der Waals surface area contributed by atoms with E-state index in [0.717, 1.165) is 11.7 Å². The quantitative estimate of drug-likeness (QED) is 0.795. The van der Waals surface area contributed by atoms with Gasteiger partial charge in [-0.2, -0.15) is 4.98 Å². The second-order valence-electron chi connectivity index (χ2n) is 4.48. The SMILES string of the molecule is CCC1CCC(c2noc(CON)n2)CC1. The smallest absolute Gasteiger partial charge is 0.254 e. The van der Waals surface area contributed by atoms with Gasteiger partial charge in [-0.3, -0.25) is 4.84 Å². The Kier molecular flexibility index (Phi) is 3.90. The number of nitrogens with two attached hydrogens (primary N) is 1. The van der Waals surface area contributed by atoms with Crippen LogP contribution in [0, 0.1) is 5.92 Å². The molecule has 90 valence electrons. The molecule has 1 heterocycles. The number of hydrogen-bond donors (Lipinski definition) is 1. The predicted molar refractivity (Wildman–Crippen MR) is 58.3 cm³/mol. The van der Waals surface area contributed by atoms with E-state index in [4.69, 9.17) is 10.4 Å². The summed E-state index contributed by atoms with van der Waals surface area (Å²) in [6, 6.07) is 0. The molecule has 1 saturated carbocycles. The van der Waals surface area contributed by atoms with E-state index in [0.29, 0.717) is 11.8 Å². The van der Waals surface area contributed by atoms with Gasteiger partial charge in [0.05, 0.1) is 0 Å². The average molecular weight is 225 g/mol. The summed E-state index contributed by atoms with van der Waals surface area (Å²) in [5.74, 6) is 7.59. The molecular weight excluding hydrogens is 206 g/mol. The zero-order chi connectivity index (χ0) is 11.4. The van der Waals surface area contributed by atoms with Crippen LogP contribution in [0.25, 0.3) is 0 Å². The van der Waals surface area contributed by atoms with E-state index in [1.54, 1.807) is 0 Å². The first-order valence-corrected chi connectivity index (χ1v) is 5.97. The number of aromatic nitrogens is 2. The minimum absolute atomic E-state index is 0.192. The Labute approximate surface area is 95.3 Å². The Balaban J connectivity index is 1.92. The molecule has 1 aromatic rings. The van der Waals surface area contributed by atoms with Crippen molar-refractivity contribution in [3.8, 4) is 0 Å². The molecular formula is C11H19N3O2. The van der Waals surface area contributed by atoms with Crippen molar-refractivity contribution >= 4 is 0 Å². The van der Waals surface area contributed by atoms with Crippen LogP contribution in [0.15, 0.2) is 4.52 Å². The zero-order valence-electron chi connectivity index (χ0n) is 9.69. The highest BCUT2D eigenvalue weighted by molar-refractivity contribution is 4.97. The fourth-order valence-corrected chi connectivity index (χ4v) is 2.39. The maximum absolute atomic E-state index is 5.05. The molecule has 2 N–H and O–H groups in total. The highest BCUT2D eigenvalue weighted by atomic mass is 16.6. The normalized spacial score (nSPS) is 25.9. The molecule has 0 unspecified atom stereocenters. The van der Waals surface area contributed by atoms with Crippen LogP contribution in [0.4, 0.5) is 0 Å². The summed E-state index contributed by atoms with van der Waals surface area (Å²) in [7, 11) is 0. The van der Waals surface area contributed by atoms with Gasteiger partial charge in [0, 0.05) is 5.92 Å². The lowest BCUT2D eigenvalue weighted by atomic mass is 9.80. The van der Waals surface area contributed by atoms with Crippen LogP contribution < -0.4 is 5.90 Å². The molecule has 0 aliphatic heterocycles. The highest BCUT2D eigenvalue weighted by Crippen LogP contribution is 2.35. The Morgan fingerprint density at radius 2 is 2.12 bits per heavy atom. The maximum Gasteiger partial charge on any atom is 0.254 e. The van der Waals surface area contributed by atoms with Crippen molar-refractivity contribution in [1.29, 1.82) is 0 Å². The van der Waals surface area contributed by atoms with Crippen molar-refractivity contribution in [2.75, 3.05) is 0 Å². The van der Waals surface area contributed by atoms with E-state index in [1.807, 2.05) is 0 Å². The third-order valence-corrected chi connectivity index (χ3v) is 3.48. The first kappa shape index (κ1) is 11.5. The minimum Gasteiger partial charge on any atom is -0.337 e. The van der Waals surface area contributed by atoms with Gasteiger partial charge in [0.15, 0.2) is 5.82 Å². The van der Waals surface area contributed by atoms with Crippen LogP contribution in [0.5, 0.6) is 0 Å². The monoisotopic (exact) mass is 225 g/mol. The van der Waals surface area contributed by atoms with Crippen LogP contribution in [0.3, 0.4) is 0 Å². The summed E-state index contributed by atoms with van der Waals surface area (Å²) < 4.78 is 5.05. The number of rotatable bonds is 4. The summed E-state index contributed by atoms with van der Waals surface area (Å²) in [6.45, 7) is 2.45. The lowest BCUT2D eigenvalue weighted by Gasteiger charge is -2.25. The summed E-state index contributed by atoms with van der Waals surface area (Å²) >= 11 is 0. The first-order valence-electron chi connectivity index (χ1n) is 5.97. The van der Waals surface area contributed by atoms with E-state index < -0.39 is 0 Å². The molecule has 16 heavy (non-hydrogen) atoms. The van der Waals surface area contributed by atoms with Gasteiger partial charge >= 0.3 is 0 Å². The lowest BCUT2D eigenvalue weighted by Crippen LogP contribution is -2.13. The Hall–Kier alpha value is -0.940. The molecule has 0 amide bonds. The van der Waals surface area contributed by atoms with E-state index in [9.17, 15) is 0 Å². The number of hydrogen-bond acceptors (Lipinski definition) is 5. The van der Waals surface area contributed by atoms with Gasteiger partial charge in [-0.15, -0.1) is 0 Å². The molecule has 0 spiro atoms. The van der Waals surface area contributed by atoms with Crippen LogP contribution in [-0.4, -0.2) is 10.1 Å². The van der Waals surface area contributed by atoms with Crippen LogP contribution in [0.1, 0.15) is 56.7 Å². The topological polar surface area (TPSA) is 74.2 Å². The van der Waals surface area contributed by atoms with Gasteiger partial charge in [0.2, 0.25) is 0 Å². The van der Waals surface area contributed by atoms with Crippen molar-refractivity contribution in [1.82, 2.24) is 10.1 Å². The molecule has 1 aromatic heterocycles. The van der Waals surface area contributed by atoms with E-state index in [2.05, 4.69) is 21.9 Å².